The Balaban J connectivity index is 1.57. The second-order valence-electron chi connectivity index (χ2n) is 9.27. The molecule has 0 heteroatoms. The van der Waals surface area contributed by atoms with Crippen LogP contribution in [0.4, 0.5) is 0 Å². The molecule has 26 heavy (non-hydrogen) atoms. The molecule has 0 spiro atoms. The molecule has 1 aromatic carbocycles. The molecule has 0 amide bonds. The summed E-state index contributed by atoms with van der Waals surface area (Å²) in [6, 6.07) is 10.4. The molecule has 0 aliphatic heterocycles. The van der Waals surface area contributed by atoms with E-state index in [0.717, 1.165) is 23.7 Å². The van der Waals surface area contributed by atoms with Gasteiger partial charge in [0.1, 0.15) is 0 Å². The Hall–Kier alpha value is -0.780. The van der Waals surface area contributed by atoms with E-state index in [4.69, 9.17) is 0 Å². The Morgan fingerprint density at radius 3 is 1.96 bits per heavy atom. The summed E-state index contributed by atoms with van der Waals surface area (Å²) in [6.45, 7) is 4.66. The second-order valence-corrected chi connectivity index (χ2v) is 9.27. The van der Waals surface area contributed by atoms with Crippen LogP contribution in [0.5, 0.6) is 0 Å². The van der Waals surface area contributed by atoms with E-state index in [0.29, 0.717) is 0 Å². The third-order valence-electron chi connectivity index (χ3n) is 7.42. The monoisotopic (exact) mass is 353 g/mol. The minimum Gasteiger partial charge on any atom is -0.0654 e. The Kier molecular flexibility index (Phi) is 8.08. The summed E-state index contributed by atoms with van der Waals surface area (Å²) in [5.74, 6) is 3.67. The lowest BCUT2D eigenvalue weighted by Crippen LogP contribution is -2.18. The van der Waals surface area contributed by atoms with Gasteiger partial charge >= 0.3 is 0 Å². The highest BCUT2D eigenvalue weighted by atomic mass is 14.3. The molecule has 0 atom stereocenters. The highest BCUT2D eigenvalue weighted by Gasteiger charge is 2.28. The van der Waals surface area contributed by atoms with Gasteiger partial charge in [-0.1, -0.05) is 70.6 Å². The van der Waals surface area contributed by atoms with Crippen molar-refractivity contribution in [1.29, 1.82) is 0 Å². The van der Waals surface area contributed by atoms with Crippen LogP contribution >= 0.6 is 0 Å². The van der Waals surface area contributed by atoms with Crippen LogP contribution in [-0.2, 0) is 0 Å². The normalized spacial score (nSPS) is 29.6. The van der Waals surface area contributed by atoms with Crippen LogP contribution in [0.2, 0.25) is 0 Å². The topological polar surface area (TPSA) is 0 Å². The molecule has 2 saturated carbocycles. The van der Waals surface area contributed by atoms with Crippen LogP contribution in [0.3, 0.4) is 0 Å². The summed E-state index contributed by atoms with van der Waals surface area (Å²) in [4.78, 5) is 0. The zero-order chi connectivity index (χ0) is 18.2. The Morgan fingerprint density at radius 1 is 0.731 bits per heavy atom. The zero-order valence-electron chi connectivity index (χ0n) is 17.4. The average molecular weight is 354 g/mol. The number of hydrogen-bond donors (Lipinski definition) is 0. The number of benzene rings is 1. The Labute approximate surface area is 163 Å². The van der Waals surface area contributed by atoms with Gasteiger partial charge in [0.25, 0.3) is 0 Å². The third kappa shape index (κ3) is 5.37. The maximum atomic E-state index is 3.42. The fraction of sp³-hybridized carbons (Fsp3) is 0.769. The first-order valence-electron chi connectivity index (χ1n) is 11.8. The minimum atomic E-state index is 0.817. The largest absolute Gasteiger partial charge is 0.0654 e. The summed E-state index contributed by atoms with van der Waals surface area (Å²) in [5.41, 5.74) is 3.38. The van der Waals surface area contributed by atoms with Crippen LogP contribution in [0, 0.1) is 17.9 Å². The first kappa shape index (κ1) is 20.0. The van der Waals surface area contributed by atoms with Crippen molar-refractivity contribution in [3.05, 3.63) is 35.4 Å². The van der Waals surface area contributed by atoms with E-state index in [1.807, 2.05) is 0 Å². The molecule has 0 nitrogen and oxygen atoms in total. The quantitative estimate of drug-likeness (QED) is 0.411. The van der Waals surface area contributed by atoms with Crippen molar-refractivity contribution in [2.24, 2.45) is 11.8 Å². The van der Waals surface area contributed by atoms with Gasteiger partial charge < -0.3 is 0 Å². The second kappa shape index (κ2) is 10.5. The first-order chi connectivity index (χ1) is 12.8. The average Bonchev–Trinajstić information content (AvgIpc) is 2.70. The number of hydrogen-bond acceptors (Lipinski definition) is 0. The van der Waals surface area contributed by atoms with E-state index in [1.54, 1.807) is 11.1 Å². The van der Waals surface area contributed by atoms with Crippen LogP contribution in [-0.4, -0.2) is 0 Å². The van der Waals surface area contributed by atoms with Crippen LogP contribution in [0.25, 0.3) is 0 Å². The highest BCUT2D eigenvalue weighted by Crippen LogP contribution is 2.44. The van der Waals surface area contributed by atoms with Gasteiger partial charge in [-0.3, -0.25) is 0 Å². The third-order valence-corrected chi connectivity index (χ3v) is 7.42. The van der Waals surface area contributed by atoms with E-state index in [-0.39, 0.29) is 0 Å². The van der Waals surface area contributed by atoms with Gasteiger partial charge in [0.2, 0.25) is 0 Å². The minimum absolute atomic E-state index is 0.817. The fourth-order valence-corrected chi connectivity index (χ4v) is 5.80. The standard InChI is InChI=1S/C26H41/c1-3-5-6-10-22-15-19-24(20-16-22)26-12-8-7-11-25(26)23-17-13-21(9-4-2)14-18-23/h8,11-12,21-24H,3-6,9-10,13-20H2,1-2H3. The van der Waals surface area contributed by atoms with Crippen LogP contribution in [0.1, 0.15) is 127 Å². The Morgan fingerprint density at radius 2 is 1.35 bits per heavy atom. The fourth-order valence-electron chi connectivity index (χ4n) is 5.80. The summed E-state index contributed by atoms with van der Waals surface area (Å²) in [5, 5.41) is 0. The maximum absolute atomic E-state index is 3.42. The molecule has 0 saturated heterocycles. The van der Waals surface area contributed by atoms with Crippen molar-refractivity contribution in [2.75, 3.05) is 0 Å². The summed E-state index contributed by atoms with van der Waals surface area (Å²) >= 11 is 0. The van der Waals surface area contributed by atoms with Gasteiger partial charge in [-0.2, -0.15) is 0 Å². The van der Waals surface area contributed by atoms with Gasteiger partial charge in [-0.05, 0) is 92.2 Å². The van der Waals surface area contributed by atoms with E-state index in [9.17, 15) is 0 Å². The molecule has 2 fully saturated rings. The highest BCUT2D eigenvalue weighted by molar-refractivity contribution is 5.33. The lowest BCUT2D eigenvalue weighted by atomic mass is 9.71. The molecule has 145 valence electrons. The first-order valence-corrected chi connectivity index (χ1v) is 11.8. The number of unbranched alkanes of at least 4 members (excludes halogenated alkanes) is 2. The molecule has 0 aromatic heterocycles. The van der Waals surface area contributed by atoms with Gasteiger partial charge in [0.15, 0.2) is 0 Å². The molecule has 2 aliphatic carbocycles. The predicted octanol–water partition coefficient (Wildman–Crippen LogP) is 8.41. The van der Waals surface area contributed by atoms with Crippen molar-refractivity contribution >= 4 is 0 Å². The van der Waals surface area contributed by atoms with E-state index in [2.05, 4.69) is 38.1 Å². The molecular weight excluding hydrogens is 312 g/mol. The van der Waals surface area contributed by atoms with Crippen molar-refractivity contribution < 1.29 is 0 Å². The van der Waals surface area contributed by atoms with E-state index in [1.165, 1.54) is 89.9 Å². The molecule has 1 aromatic rings. The summed E-state index contributed by atoms with van der Waals surface area (Å²) < 4.78 is 0. The smallest absolute Gasteiger partial charge is 0.0159 e. The SMILES string of the molecule is CCCCCC1CCC(c2cc[c]cc2C2CCC(CCC)CC2)CC1. The molecule has 0 unspecified atom stereocenters. The van der Waals surface area contributed by atoms with Crippen LogP contribution in [0.15, 0.2) is 18.2 Å². The van der Waals surface area contributed by atoms with Crippen molar-refractivity contribution in [2.45, 2.75) is 116 Å². The number of rotatable bonds is 8. The molecule has 3 rings (SSSR count). The van der Waals surface area contributed by atoms with Crippen LogP contribution < -0.4 is 0 Å². The van der Waals surface area contributed by atoms with Gasteiger partial charge in [0, 0.05) is 0 Å². The van der Waals surface area contributed by atoms with Gasteiger partial charge in [-0.25, -0.2) is 0 Å². The molecule has 2 aliphatic rings. The lowest BCUT2D eigenvalue weighted by molar-refractivity contribution is 0.293. The predicted molar refractivity (Wildman–Crippen MR) is 114 cm³/mol. The zero-order valence-corrected chi connectivity index (χ0v) is 17.4. The molecule has 0 N–H and O–H groups in total. The van der Waals surface area contributed by atoms with Crippen molar-refractivity contribution in [1.82, 2.24) is 0 Å². The Bertz CT molecular complexity index is 501. The molecule has 0 bridgehead atoms. The summed E-state index contributed by atoms with van der Waals surface area (Å²) in [6.07, 6.45) is 20.1. The lowest BCUT2D eigenvalue weighted by Gasteiger charge is -2.34. The maximum Gasteiger partial charge on any atom is -0.0159 e. The molecular formula is C26H41. The molecule has 0 heterocycles. The van der Waals surface area contributed by atoms with E-state index < -0.39 is 0 Å². The summed E-state index contributed by atoms with van der Waals surface area (Å²) in [7, 11) is 0. The molecule has 1 radical (unpaired) electrons. The van der Waals surface area contributed by atoms with Gasteiger partial charge in [0.05, 0.1) is 0 Å². The van der Waals surface area contributed by atoms with Crippen molar-refractivity contribution in [3.63, 3.8) is 0 Å². The van der Waals surface area contributed by atoms with Crippen molar-refractivity contribution in [3.8, 4) is 0 Å². The van der Waals surface area contributed by atoms with Gasteiger partial charge in [-0.15, -0.1) is 0 Å². The van der Waals surface area contributed by atoms with E-state index >= 15 is 0 Å².